The van der Waals surface area contributed by atoms with E-state index in [4.69, 9.17) is 4.74 Å². The molecule has 0 spiro atoms. The molecule has 0 radical (unpaired) electrons. The van der Waals surface area contributed by atoms with Crippen LogP contribution in [0.3, 0.4) is 0 Å². The van der Waals surface area contributed by atoms with Crippen LogP contribution in [0.1, 0.15) is 32.6 Å². The van der Waals surface area contributed by atoms with Gasteiger partial charge in [-0.3, -0.25) is 0 Å². The minimum absolute atomic E-state index is 0.913. The lowest BCUT2D eigenvalue weighted by atomic mass is 10.2. The Balaban J connectivity index is 2.77. The third kappa shape index (κ3) is 7.70. The quantitative estimate of drug-likeness (QED) is 0.409. The number of unbranched alkanes of at least 4 members (excludes halogenated alkanes) is 3. The zero-order valence-electron chi connectivity index (χ0n) is 7.10. The Morgan fingerprint density at radius 2 is 2.00 bits per heavy atom. The van der Waals surface area contributed by atoms with E-state index in [0.717, 1.165) is 6.61 Å². The number of hydrogen-bond acceptors (Lipinski definition) is 1. The first-order valence-corrected chi connectivity index (χ1v) is 4.02. The van der Waals surface area contributed by atoms with Crippen LogP contribution >= 0.6 is 0 Å². The third-order valence-electron chi connectivity index (χ3n) is 1.45. The molecule has 0 N–H and O–H groups in total. The summed E-state index contributed by atoms with van der Waals surface area (Å²) in [5, 5.41) is 0. The number of allylic oxidation sites excluding steroid dienone is 2. The van der Waals surface area contributed by atoms with Gasteiger partial charge < -0.3 is 4.74 Å². The number of rotatable bonds is 6. The van der Waals surface area contributed by atoms with E-state index >= 15 is 0 Å². The first kappa shape index (κ1) is 9.70. The minimum Gasteiger partial charge on any atom is -0.385 e. The van der Waals surface area contributed by atoms with Crippen LogP contribution in [0, 0.1) is 0 Å². The molecule has 10 heavy (non-hydrogen) atoms. The molecule has 0 rings (SSSR count). The first-order valence-electron chi connectivity index (χ1n) is 4.02. The molecule has 1 heteroatoms. The lowest BCUT2D eigenvalue weighted by Gasteiger charge is -1.96. The second-order valence-corrected chi connectivity index (χ2v) is 2.41. The van der Waals surface area contributed by atoms with Gasteiger partial charge in [-0.1, -0.05) is 18.6 Å². The summed E-state index contributed by atoms with van der Waals surface area (Å²) < 4.78 is 4.93. The molecule has 0 aromatic heterocycles. The van der Waals surface area contributed by atoms with Crippen molar-refractivity contribution in [3.8, 4) is 0 Å². The summed E-state index contributed by atoms with van der Waals surface area (Å²) in [6.45, 7) is 2.98. The van der Waals surface area contributed by atoms with E-state index in [9.17, 15) is 0 Å². The molecule has 0 aromatic rings. The molecule has 0 heterocycles. The molecule has 1 nitrogen and oxygen atoms in total. The average molecular weight is 142 g/mol. The maximum absolute atomic E-state index is 4.93. The Labute approximate surface area is 64.1 Å². The largest absolute Gasteiger partial charge is 0.385 e. The van der Waals surface area contributed by atoms with Crippen molar-refractivity contribution in [1.82, 2.24) is 0 Å². The highest BCUT2D eigenvalue weighted by Gasteiger charge is 1.85. The molecule has 0 bridgehead atoms. The highest BCUT2D eigenvalue weighted by molar-refractivity contribution is 4.75. The van der Waals surface area contributed by atoms with Crippen molar-refractivity contribution < 1.29 is 4.74 Å². The Morgan fingerprint density at radius 3 is 2.60 bits per heavy atom. The Morgan fingerprint density at radius 1 is 1.20 bits per heavy atom. The van der Waals surface area contributed by atoms with Crippen LogP contribution in [0.2, 0.25) is 0 Å². The van der Waals surface area contributed by atoms with Crippen LogP contribution in [0.4, 0.5) is 0 Å². The maximum atomic E-state index is 4.93. The van der Waals surface area contributed by atoms with Gasteiger partial charge in [0.05, 0.1) is 0 Å². The van der Waals surface area contributed by atoms with Gasteiger partial charge in [0.25, 0.3) is 0 Å². The van der Waals surface area contributed by atoms with Gasteiger partial charge in [0.1, 0.15) is 0 Å². The number of methoxy groups -OCH3 is 1. The van der Waals surface area contributed by atoms with Crippen molar-refractivity contribution in [3.63, 3.8) is 0 Å². The second kappa shape index (κ2) is 8.70. The standard InChI is InChI=1S/C9H18O/c1-3-4-5-6-7-8-9-10-2/h3-4H,5-9H2,1-2H3/b4-3-. The normalized spacial score (nSPS) is 11.0. The van der Waals surface area contributed by atoms with Gasteiger partial charge in [-0.15, -0.1) is 0 Å². The van der Waals surface area contributed by atoms with Gasteiger partial charge in [-0.2, -0.15) is 0 Å². The fraction of sp³-hybridized carbons (Fsp3) is 0.778. The average Bonchev–Trinajstić information content (AvgIpc) is 1.97. The summed E-state index contributed by atoms with van der Waals surface area (Å²) in [4.78, 5) is 0. The number of hydrogen-bond donors (Lipinski definition) is 0. The lowest BCUT2D eigenvalue weighted by molar-refractivity contribution is 0.192. The Hall–Kier alpha value is -0.300. The van der Waals surface area contributed by atoms with Crippen molar-refractivity contribution in [2.45, 2.75) is 32.6 Å². The molecule has 0 atom stereocenters. The van der Waals surface area contributed by atoms with Gasteiger partial charge >= 0.3 is 0 Å². The van der Waals surface area contributed by atoms with Crippen LogP contribution in [0.5, 0.6) is 0 Å². The van der Waals surface area contributed by atoms with Crippen LogP contribution in [0.15, 0.2) is 12.2 Å². The lowest BCUT2D eigenvalue weighted by Crippen LogP contribution is -1.87. The van der Waals surface area contributed by atoms with E-state index in [1.54, 1.807) is 7.11 Å². The molecular weight excluding hydrogens is 124 g/mol. The van der Waals surface area contributed by atoms with Crippen LogP contribution in [-0.4, -0.2) is 13.7 Å². The molecule has 0 aliphatic carbocycles. The Kier molecular flexibility index (Phi) is 8.44. The summed E-state index contributed by atoms with van der Waals surface area (Å²) in [6.07, 6.45) is 9.34. The fourth-order valence-corrected chi connectivity index (χ4v) is 0.852. The smallest absolute Gasteiger partial charge is 0.0462 e. The van der Waals surface area contributed by atoms with Crippen molar-refractivity contribution >= 4 is 0 Å². The molecule has 0 saturated carbocycles. The summed E-state index contributed by atoms with van der Waals surface area (Å²) in [6, 6.07) is 0. The molecule has 0 saturated heterocycles. The van der Waals surface area contributed by atoms with E-state index in [-0.39, 0.29) is 0 Å². The molecular formula is C9H18O. The summed E-state index contributed by atoms with van der Waals surface area (Å²) in [5.74, 6) is 0. The Bertz CT molecular complexity index is 76.8. The fourth-order valence-electron chi connectivity index (χ4n) is 0.852. The van der Waals surface area contributed by atoms with Crippen LogP contribution in [-0.2, 0) is 4.74 Å². The van der Waals surface area contributed by atoms with E-state index < -0.39 is 0 Å². The van der Waals surface area contributed by atoms with Gasteiger partial charge in [-0.05, 0) is 26.2 Å². The highest BCUT2D eigenvalue weighted by atomic mass is 16.5. The first-order chi connectivity index (χ1) is 4.91. The third-order valence-corrected chi connectivity index (χ3v) is 1.45. The van der Waals surface area contributed by atoms with E-state index in [2.05, 4.69) is 19.1 Å². The summed E-state index contributed by atoms with van der Waals surface area (Å²) in [7, 11) is 1.76. The molecule has 0 aliphatic rings. The molecule has 60 valence electrons. The van der Waals surface area contributed by atoms with Gasteiger partial charge in [0.2, 0.25) is 0 Å². The van der Waals surface area contributed by atoms with Crippen molar-refractivity contribution in [3.05, 3.63) is 12.2 Å². The van der Waals surface area contributed by atoms with E-state index in [1.165, 1.54) is 25.7 Å². The highest BCUT2D eigenvalue weighted by Crippen LogP contribution is 2.00. The van der Waals surface area contributed by atoms with Gasteiger partial charge in [0, 0.05) is 13.7 Å². The minimum atomic E-state index is 0.913. The van der Waals surface area contributed by atoms with Crippen molar-refractivity contribution in [2.24, 2.45) is 0 Å². The van der Waals surface area contributed by atoms with E-state index in [1.807, 2.05) is 0 Å². The van der Waals surface area contributed by atoms with Crippen LogP contribution < -0.4 is 0 Å². The summed E-state index contributed by atoms with van der Waals surface area (Å²) in [5.41, 5.74) is 0. The predicted octanol–water partition coefficient (Wildman–Crippen LogP) is 2.77. The molecule has 0 unspecified atom stereocenters. The molecule has 0 fully saturated rings. The second-order valence-electron chi connectivity index (χ2n) is 2.41. The van der Waals surface area contributed by atoms with Crippen molar-refractivity contribution in [2.75, 3.05) is 13.7 Å². The zero-order chi connectivity index (χ0) is 7.66. The van der Waals surface area contributed by atoms with Gasteiger partial charge in [-0.25, -0.2) is 0 Å². The SMILES string of the molecule is C/C=C\CCCCCOC. The molecule has 0 aromatic carbocycles. The molecule has 0 aliphatic heterocycles. The van der Waals surface area contributed by atoms with Gasteiger partial charge in [0.15, 0.2) is 0 Å². The zero-order valence-corrected chi connectivity index (χ0v) is 7.10. The number of ether oxygens (including phenoxy) is 1. The van der Waals surface area contributed by atoms with Crippen molar-refractivity contribution in [1.29, 1.82) is 0 Å². The molecule has 0 amide bonds. The van der Waals surface area contributed by atoms with Crippen LogP contribution in [0.25, 0.3) is 0 Å². The predicted molar refractivity (Wildman–Crippen MR) is 45.2 cm³/mol. The van der Waals surface area contributed by atoms with E-state index in [0.29, 0.717) is 0 Å². The monoisotopic (exact) mass is 142 g/mol. The topological polar surface area (TPSA) is 9.23 Å². The maximum Gasteiger partial charge on any atom is 0.0462 e. The summed E-state index contributed by atoms with van der Waals surface area (Å²) >= 11 is 0.